The molecule has 1 aromatic carbocycles. The van der Waals surface area contributed by atoms with Gasteiger partial charge in [-0.1, -0.05) is 61.6 Å². The van der Waals surface area contributed by atoms with Crippen LogP contribution in [-0.4, -0.2) is 19.8 Å². The molecule has 0 bridgehead atoms. The van der Waals surface area contributed by atoms with Crippen LogP contribution in [-0.2, 0) is 5.75 Å². The van der Waals surface area contributed by atoms with Gasteiger partial charge in [0.2, 0.25) is 4.96 Å². The maximum atomic E-state index is 13.7. The van der Waals surface area contributed by atoms with Crippen molar-refractivity contribution in [1.82, 2.24) is 19.8 Å². The number of hydrogen-bond acceptors (Lipinski definition) is 6. The lowest BCUT2D eigenvalue weighted by Crippen LogP contribution is -2.21. The molecule has 2 heterocycles. The molecule has 5 nitrogen and oxygen atoms in total. The van der Waals surface area contributed by atoms with Crippen molar-refractivity contribution >= 4 is 28.1 Å². The van der Waals surface area contributed by atoms with Gasteiger partial charge >= 0.3 is 0 Å². The Morgan fingerprint density at radius 2 is 2.13 bits per heavy atom. The zero-order chi connectivity index (χ0) is 16.4. The van der Waals surface area contributed by atoms with Crippen molar-refractivity contribution in [3.8, 4) is 0 Å². The van der Waals surface area contributed by atoms with Gasteiger partial charge in [-0.3, -0.25) is 0 Å². The molecule has 3 rings (SSSR count). The van der Waals surface area contributed by atoms with Gasteiger partial charge in [0.1, 0.15) is 5.82 Å². The van der Waals surface area contributed by atoms with Gasteiger partial charge in [-0.25, -0.2) is 4.39 Å². The first-order valence-electron chi connectivity index (χ1n) is 7.44. The molecule has 2 aromatic heterocycles. The quantitative estimate of drug-likeness (QED) is 0.686. The third kappa shape index (κ3) is 3.39. The van der Waals surface area contributed by atoms with Crippen LogP contribution in [0.1, 0.15) is 37.7 Å². The minimum Gasteiger partial charge on any atom is -0.321 e. The highest BCUT2D eigenvalue weighted by molar-refractivity contribution is 8.00. The van der Waals surface area contributed by atoms with E-state index in [4.69, 9.17) is 5.73 Å². The summed E-state index contributed by atoms with van der Waals surface area (Å²) in [5, 5.41) is 12.8. The maximum absolute atomic E-state index is 13.7. The summed E-state index contributed by atoms with van der Waals surface area (Å²) >= 11 is 2.93. The van der Waals surface area contributed by atoms with Crippen LogP contribution >= 0.6 is 23.1 Å². The Labute approximate surface area is 142 Å². The lowest BCUT2D eigenvalue weighted by molar-refractivity contribution is 0.431. The first kappa shape index (κ1) is 16.4. The summed E-state index contributed by atoms with van der Waals surface area (Å²) in [7, 11) is 0. The predicted molar refractivity (Wildman–Crippen MR) is 91.0 cm³/mol. The van der Waals surface area contributed by atoms with Crippen LogP contribution in [0.25, 0.3) is 4.96 Å². The van der Waals surface area contributed by atoms with Gasteiger partial charge in [0, 0.05) is 5.75 Å². The molecule has 0 unspecified atom stereocenters. The lowest BCUT2D eigenvalue weighted by Gasteiger charge is -2.15. The van der Waals surface area contributed by atoms with Crippen LogP contribution in [0.5, 0.6) is 0 Å². The Morgan fingerprint density at radius 1 is 1.35 bits per heavy atom. The molecule has 0 fully saturated rings. The number of aromatic nitrogens is 4. The number of nitrogens with zero attached hydrogens (tertiary/aromatic N) is 4. The third-order valence-electron chi connectivity index (χ3n) is 3.86. The molecule has 122 valence electrons. The van der Waals surface area contributed by atoms with Crippen molar-refractivity contribution in [2.24, 2.45) is 11.7 Å². The summed E-state index contributed by atoms with van der Waals surface area (Å²) < 4.78 is 16.2. The highest BCUT2D eigenvalue weighted by Crippen LogP contribution is 2.30. The third-order valence-corrected chi connectivity index (χ3v) is 5.94. The van der Waals surface area contributed by atoms with Crippen molar-refractivity contribution < 1.29 is 4.39 Å². The van der Waals surface area contributed by atoms with Gasteiger partial charge in [0.05, 0.1) is 6.04 Å². The van der Waals surface area contributed by atoms with Crippen molar-refractivity contribution in [3.63, 3.8) is 0 Å². The monoisotopic (exact) mass is 351 g/mol. The van der Waals surface area contributed by atoms with Crippen LogP contribution in [0.3, 0.4) is 0 Å². The number of thioether (sulfide) groups is 1. The molecule has 0 aliphatic carbocycles. The van der Waals surface area contributed by atoms with Gasteiger partial charge in [-0.05, 0) is 17.5 Å². The van der Waals surface area contributed by atoms with Gasteiger partial charge in [0.15, 0.2) is 10.2 Å². The fourth-order valence-corrected chi connectivity index (χ4v) is 4.01. The molecule has 2 atom stereocenters. The largest absolute Gasteiger partial charge is 0.321 e. The fourth-order valence-electron chi connectivity index (χ4n) is 2.14. The van der Waals surface area contributed by atoms with Crippen LogP contribution < -0.4 is 5.73 Å². The zero-order valence-corrected chi connectivity index (χ0v) is 14.6. The average Bonchev–Trinajstić information content (AvgIpc) is 3.12. The molecular weight excluding hydrogens is 333 g/mol. The second kappa shape index (κ2) is 6.94. The summed E-state index contributed by atoms with van der Waals surface area (Å²) in [5.41, 5.74) is 6.91. The second-order valence-corrected chi connectivity index (χ2v) is 7.59. The number of rotatable bonds is 6. The lowest BCUT2D eigenvalue weighted by atomic mass is 10.00. The summed E-state index contributed by atoms with van der Waals surface area (Å²) in [6.45, 7) is 4.19. The van der Waals surface area contributed by atoms with E-state index in [-0.39, 0.29) is 11.9 Å². The van der Waals surface area contributed by atoms with E-state index in [0.717, 1.165) is 15.7 Å². The first-order valence-corrected chi connectivity index (χ1v) is 9.24. The van der Waals surface area contributed by atoms with Crippen molar-refractivity contribution in [1.29, 1.82) is 0 Å². The summed E-state index contributed by atoms with van der Waals surface area (Å²) in [4.78, 5) is 0.717. The van der Waals surface area contributed by atoms with E-state index in [9.17, 15) is 4.39 Å². The minimum absolute atomic E-state index is 0.192. The predicted octanol–water partition coefficient (Wildman–Crippen LogP) is 3.66. The van der Waals surface area contributed by atoms with Crippen molar-refractivity contribution in [2.45, 2.75) is 36.4 Å². The Bertz CT molecular complexity index is 800. The molecule has 2 N–H and O–H groups in total. The Kier molecular flexibility index (Phi) is 4.93. The van der Waals surface area contributed by atoms with E-state index in [1.54, 1.807) is 16.6 Å². The van der Waals surface area contributed by atoms with E-state index in [1.807, 2.05) is 6.07 Å². The van der Waals surface area contributed by atoms with E-state index in [1.165, 1.54) is 29.2 Å². The molecule has 0 radical (unpaired) electrons. The summed E-state index contributed by atoms with van der Waals surface area (Å²) in [6.07, 6.45) is 0.967. The number of fused-ring (bicyclic) bond motifs is 1. The smallest absolute Gasteiger partial charge is 0.235 e. The van der Waals surface area contributed by atoms with Crippen LogP contribution in [0, 0.1) is 11.7 Å². The van der Waals surface area contributed by atoms with Gasteiger partial charge in [-0.15, -0.1) is 15.3 Å². The van der Waals surface area contributed by atoms with Gasteiger partial charge in [-0.2, -0.15) is 4.52 Å². The highest BCUT2D eigenvalue weighted by Gasteiger charge is 2.21. The van der Waals surface area contributed by atoms with E-state index in [0.29, 0.717) is 23.1 Å². The standard InChI is InChI=1S/C15H18FN5S2/c1-3-9(2)12(17)13-18-19-14-21(13)20-15(23-14)22-8-10-6-4-5-7-11(10)16/h4-7,9,12H,3,8,17H2,1-2H3/t9-,12-/m0/s1. The van der Waals surface area contributed by atoms with E-state index < -0.39 is 0 Å². The van der Waals surface area contributed by atoms with Gasteiger partial charge < -0.3 is 5.73 Å². The van der Waals surface area contributed by atoms with Crippen LogP contribution in [0.4, 0.5) is 4.39 Å². The average molecular weight is 351 g/mol. The number of halogens is 1. The molecule has 23 heavy (non-hydrogen) atoms. The van der Waals surface area contributed by atoms with Crippen molar-refractivity contribution in [3.05, 3.63) is 41.5 Å². The summed E-state index contributed by atoms with van der Waals surface area (Å²) in [6, 6.07) is 6.59. The molecule has 0 saturated carbocycles. The molecule has 0 saturated heterocycles. The molecular formula is C15H18FN5S2. The van der Waals surface area contributed by atoms with Crippen LogP contribution in [0.15, 0.2) is 28.6 Å². The normalized spacial score (nSPS) is 14.3. The van der Waals surface area contributed by atoms with E-state index >= 15 is 0 Å². The fraction of sp³-hybridized carbons (Fsp3) is 0.400. The first-order chi connectivity index (χ1) is 11.1. The number of benzene rings is 1. The zero-order valence-electron chi connectivity index (χ0n) is 12.9. The van der Waals surface area contributed by atoms with Crippen LogP contribution in [0.2, 0.25) is 0 Å². The number of nitrogens with two attached hydrogens (primary N) is 1. The molecule has 0 aliphatic heterocycles. The molecule has 3 aromatic rings. The second-order valence-electron chi connectivity index (χ2n) is 5.41. The molecule has 8 heteroatoms. The van der Waals surface area contributed by atoms with Gasteiger partial charge in [0.25, 0.3) is 0 Å². The minimum atomic E-state index is -0.193. The maximum Gasteiger partial charge on any atom is 0.235 e. The Balaban J connectivity index is 1.78. The highest BCUT2D eigenvalue weighted by atomic mass is 32.2. The topological polar surface area (TPSA) is 69.1 Å². The number of hydrogen-bond donors (Lipinski definition) is 1. The van der Waals surface area contributed by atoms with E-state index in [2.05, 4.69) is 29.1 Å². The molecule has 0 aliphatic rings. The Morgan fingerprint density at radius 3 is 2.87 bits per heavy atom. The summed E-state index contributed by atoms with van der Waals surface area (Å²) in [5.74, 6) is 1.33. The van der Waals surface area contributed by atoms with Crippen molar-refractivity contribution in [2.75, 3.05) is 0 Å². The Hall–Kier alpha value is -1.51. The molecule has 0 amide bonds. The SMILES string of the molecule is CC[C@H](C)[C@H](N)c1nnc2sc(SCc3ccccc3F)nn12. The molecule has 0 spiro atoms.